The SMILES string of the molecule is C/C=C/c1oncc1Cl. The van der Waals surface area contributed by atoms with Gasteiger partial charge in [0, 0.05) is 0 Å². The molecule has 2 nitrogen and oxygen atoms in total. The van der Waals surface area contributed by atoms with E-state index in [1.807, 2.05) is 13.0 Å². The highest BCUT2D eigenvalue weighted by Gasteiger charge is 1.97. The molecule has 0 saturated heterocycles. The van der Waals surface area contributed by atoms with Crippen molar-refractivity contribution in [1.82, 2.24) is 5.16 Å². The van der Waals surface area contributed by atoms with Gasteiger partial charge in [0.15, 0.2) is 5.76 Å². The van der Waals surface area contributed by atoms with E-state index in [1.54, 1.807) is 6.08 Å². The van der Waals surface area contributed by atoms with Gasteiger partial charge in [-0.25, -0.2) is 0 Å². The lowest BCUT2D eigenvalue weighted by Gasteiger charge is -1.78. The van der Waals surface area contributed by atoms with Crippen LogP contribution in [0.25, 0.3) is 6.08 Å². The summed E-state index contributed by atoms with van der Waals surface area (Å²) >= 11 is 5.61. The van der Waals surface area contributed by atoms with Crippen LogP contribution in [0.4, 0.5) is 0 Å². The lowest BCUT2D eigenvalue weighted by Crippen LogP contribution is -1.60. The molecule has 1 heterocycles. The average molecular weight is 144 g/mol. The first-order valence-electron chi connectivity index (χ1n) is 2.57. The van der Waals surface area contributed by atoms with Crippen LogP contribution in [-0.2, 0) is 0 Å². The van der Waals surface area contributed by atoms with Gasteiger partial charge in [-0.05, 0) is 13.0 Å². The van der Waals surface area contributed by atoms with Crippen molar-refractivity contribution < 1.29 is 4.52 Å². The van der Waals surface area contributed by atoms with Gasteiger partial charge in [0.05, 0.1) is 6.20 Å². The Morgan fingerprint density at radius 1 is 1.78 bits per heavy atom. The molecule has 0 radical (unpaired) electrons. The van der Waals surface area contributed by atoms with E-state index in [-0.39, 0.29) is 0 Å². The fraction of sp³-hybridized carbons (Fsp3) is 0.167. The summed E-state index contributed by atoms with van der Waals surface area (Å²) in [5.41, 5.74) is 0. The molecule has 9 heavy (non-hydrogen) atoms. The zero-order valence-electron chi connectivity index (χ0n) is 4.97. The Kier molecular flexibility index (Phi) is 1.90. The van der Waals surface area contributed by atoms with Crippen molar-refractivity contribution in [3.63, 3.8) is 0 Å². The molecule has 0 amide bonds. The Morgan fingerprint density at radius 2 is 2.56 bits per heavy atom. The van der Waals surface area contributed by atoms with E-state index in [2.05, 4.69) is 5.16 Å². The highest BCUT2D eigenvalue weighted by Crippen LogP contribution is 2.15. The Hall–Kier alpha value is -0.760. The van der Waals surface area contributed by atoms with Crippen LogP contribution in [0.2, 0.25) is 5.02 Å². The van der Waals surface area contributed by atoms with E-state index in [1.165, 1.54) is 6.20 Å². The summed E-state index contributed by atoms with van der Waals surface area (Å²) in [5.74, 6) is 0.610. The van der Waals surface area contributed by atoms with Crippen molar-refractivity contribution in [1.29, 1.82) is 0 Å². The van der Waals surface area contributed by atoms with E-state index in [9.17, 15) is 0 Å². The molecule has 48 valence electrons. The van der Waals surface area contributed by atoms with Gasteiger partial charge < -0.3 is 4.52 Å². The zero-order chi connectivity index (χ0) is 6.69. The van der Waals surface area contributed by atoms with Crippen LogP contribution in [-0.4, -0.2) is 5.16 Å². The van der Waals surface area contributed by atoms with Crippen molar-refractivity contribution in [3.05, 3.63) is 23.1 Å². The van der Waals surface area contributed by atoms with Gasteiger partial charge in [-0.2, -0.15) is 0 Å². The monoisotopic (exact) mass is 143 g/mol. The predicted octanol–water partition coefficient (Wildman–Crippen LogP) is 2.36. The maximum absolute atomic E-state index is 5.61. The van der Waals surface area contributed by atoms with Crippen molar-refractivity contribution in [2.24, 2.45) is 0 Å². The number of nitrogens with zero attached hydrogens (tertiary/aromatic N) is 1. The van der Waals surface area contributed by atoms with E-state index in [0.29, 0.717) is 10.8 Å². The van der Waals surface area contributed by atoms with Crippen molar-refractivity contribution in [2.45, 2.75) is 6.92 Å². The van der Waals surface area contributed by atoms with E-state index in [0.717, 1.165) is 0 Å². The number of allylic oxidation sites excluding steroid dienone is 1. The molecule has 0 fully saturated rings. The molecule has 3 heteroatoms. The molecule has 1 rings (SSSR count). The van der Waals surface area contributed by atoms with Crippen LogP contribution in [0.5, 0.6) is 0 Å². The van der Waals surface area contributed by atoms with Gasteiger partial charge in [0.1, 0.15) is 5.02 Å². The van der Waals surface area contributed by atoms with Crippen molar-refractivity contribution in [3.8, 4) is 0 Å². The van der Waals surface area contributed by atoms with Gasteiger partial charge in [0.25, 0.3) is 0 Å². The van der Waals surface area contributed by atoms with Gasteiger partial charge in [-0.1, -0.05) is 22.8 Å². The quantitative estimate of drug-likeness (QED) is 0.603. The average Bonchev–Trinajstić information content (AvgIpc) is 2.18. The summed E-state index contributed by atoms with van der Waals surface area (Å²) in [6, 6.07) is 0. The third kappa shape index (κ3) is 1.33. The molecule has 0 aliphatic heterocycles. The summed E-state index contributed by atoms with van der Waals surface area (Å²) < 4.78 is 4.74. The smallest absolute Gasteiger partial charge is 0.177 e. The van der Waals surface area contributed by atoms with Crippen LogP contribution >= 0.6 is 11.6 Å². The summed E-state index contributed by atoms with van der Waals surface area (Å²) in [7, 11) is 0. The minimum absolute atomic E-state index is 0.549. The Bertz CT molecular complexity index is 217. The minimum Gasteiger partial charge on any atom is -0.355 e. The number of halogens is 1. The van der Waals surface area contributed by atoms with Crippen LogP contribution < -0.4 is 0 Å². The Balaban J connectivity index is 2.94. The zero-order valence-corrected chi connectivity index (χ0v) is 5.72. The van der Waals surface area contributed by atoms with E-state index >= 15 is 0 Å². The lowest BCUT2D eigenvalue weighted by atomic mass is 10.4. The van der Waals surface area contributed by atoms with Gasteiger partial charge in [-0.15, -0.1) is 0 Å². The Morgan fingerprint density at radius 3 is 3.00 bits per heavy atom. The summed E-state index contributed by atoms with van der Waals surface area (Å²) in [5, 5.41) is 4.03. The first-order valence-corrected chi connectivity index (χ1v) is 2.95. The van der Waals surface area contributed by atoms with Gasteiger partial charge in [-0.3, -0.25) is 0 Å². The normalized spacial score (nSPS) is 10.9. The first kappa shape index (κ1) is 6.36. The van der Waals surface area contributed by atoms with Crippen molar-refractivity contribution in [2.75, 3.05) is 0 Å². The molecule has 1 aromatic heterocycles. The molecule has 0 spiro atoms. The third-order valence-corrected chi connectivity index (χ3v) is 1.15. The molecule has 0 atom stereocenters. The molecule has 0 bridgehead atoms. The maximum Gasteiger partial charge on any atom is 0.177 e. The number of aromatic nitrogens is 1. The molecule has 0 aliphatic carbocycles. The first-order chi connectivity index (χ1) is 4.34. The second kappa shape index (κ2) is 2.69. The minimum atomic E-state index is 0.549. The molecular weight excluding hydrogens is 138 g/mol. The van der Waals surface area contributed by atoms with E-state index in [4.69, 9.17) is 16.1 Å². The van der Waals surface area contributed by atoms with Crippen LogP contribution in [0.3, 0.4) is 0 Å². The Labute approximate surface area is 58.1 Å². The molecule has 0 saturated carbocycles. The topological polar surface area (TPSA) is 26.0 Å². The summed E-state index contributed by atoms with van der Waals surface area (Å²) in [4.78, 5) is 0. The van der Waals surface area contributed by atoms with Crippen LogP contribution in [0, 0.1) is 0 Å². The highest BCUT2D eigenvalue weighted by atomic mass is 35.5. The second-order valence-corrected chi connectivity index (χ2v) is 1.95. The van der Waals surface area contributed by atoms with Gasteiger partial charge in [0.2, 0.25) is 0 Å². The largest absolute Gasteiger partial charge is 0.355 e. The third-order valence-electron chi connectivity index (χ3n) is 0.871. The molecule has 0 N–H and O–H groups in total. The molecule has 0 aromatic carbocycles. The van der Waals surface area contributed by atoms with E-state index < -0.39 is 0 Å². The number of hydrogen-bond acceptors (Lipinski definition) is 2. The fourth-order valence-electron chi connectivity index (χ4n) is 0.498. The molecule has 0 aliphatic rings. The molecule has 1 aromatic rings. The lowest BCUT2D eigenvalue weighted by molar-refractivity contribution is 0.413. The van der Waals surface area contributed by atoms with Crippen LogP contribution in [0.15, 0.2) is 16.8 Å². The van der Waals surface area contributed by atoms with Crippen molar-refractivity contribution >= 4 is 17.7 Å². The molecule has 0 unspecified atom stereocenters. The number of hydrogen-bond donors (Lipinski definition) is 0. The maximum atomic E-state index is 5.61. The molecular formula is C6H6ClNO. The van der Waals surface area contributed by atoms with Crippen LogP contribution in [0.1, 0.15) is 12.7 Å². The standard InChI is InChI=1S/C6H6ClNO/c1-2-3-6-5(7)4-8-9-6/h2-4H,1H3/b3-2+. The predicted molar refractivity (Wildman–Crippen MR) is 36.2 cm³/mol. The summed E-state index contributed by atoms with van der Waals surface area (Å²) in [6.07, 6.45) is 5.07. The number of rotatable bonds is 1. The highest BCUT2D eigenvalue weighted by molar-refractivity contribution is 6.31. The fourth-order valence-corrected chi connectivity index (χ4v) is 0.635. The second-order valence-electron chi connectivity index (χ2n) is 1.54. The van der Waals surface area contributed by atoms with Gasteiger partial charge >= 0.3 is 0 Å². The summed E-state index contributed by atoms with van der Waals surface area (Å²) in [6.45, 7) is 1.89.